The summed E-state index contributed by atoms with van der Waals surface area (Å²) in [6, 6.07) is 7.90. The third-order valence-electron chi connectivity index (χ3n) is 3.39. The van der Waals surface area contributed by atoms with Gasteiger partial charge >= 0.3 is 0 Å². The lowest BCUT2D eigenvalue weighted by atomic mass is 9.83. The molecule has 0 radical (unpaired) electrons. The molecule has 0 spiro atoms. The zero-order chi connectivity index (χ0) is 15.2. The molecule has 112 valence electrons. The van der Waals surface area contributed by atoms with Crippen LogP contribution in [0.5, 0.6) is 0 Å². The van der Waals surface area contributed by atoms with Gasteiger partial charge in [-0.1, -0.05) is 52.3 Å². The molecule has 1 aromatic carbocycles. The van der Waals surface area contributed by atoms with Crippen molar-refractivity contribution in [3.8, 4) is 0 Å². The van der Waals surface area contributed by atoms with E-state index in [1.165, 1.54) is 0 Å². The highest BCUT2D eigenvalue weighted by Crippen LogP contribution is 2.26. The summed E-state index contributed by atoms with van der Waals surface area (Å²) in [6.07, 6.45) is 2.09. The van der Waals surface area contributed by atoms with Crippen molar-refractivity contribution in [1.29, 1.82) is 0 Å². The quantitative estimate of drug-likeness (QED) is 0.709. The van der Waals surface area contributed by atoms with Crippen molar-refractivity contribution in [3.05, 3.63) is 35.4 Å². The Balaban J connectivity index is 3.05. The molecule has 2 nitrogen and oxygen atoms in total. The molecule has 1 aromatic rings. The smallest absolute Gasteiger partial charge is 0.254 e. The third-order valence-corrected chi connectivity index (χ3v) is 3.56. The van der Waals surface area contributed by atoms with Crippen LogP contribution in [0.2, 0.25) is 0 Å². The molecule has 3 heteroatoms. The molecule has 0 heterocycles. The molecule has 1 amide bonds. The molecule has 0 fully saturated rings. The minimum atomic E-state index is -0.0381. The zero-order valence-corrected chi connectivity index (χ0v) is 13.8. The van der Waals surface area contributed by atoms with Gasteiger partial charge in [0.15, 0.2) is 0 Å². The number of halogens is 1. The summed E-state index contributed by atoms with van der Waals surface area (Å²) in [5.41, 5.74) is 1.87. The standard InChI is InChI=1S/C17H26ClNO/c1-5-6-12-19(13-11-18)16(20)14-9-7-8-10-15(14)17(2,3)4/h7-10H,5-6,11-13H2,1-4H3. The molecular weight excluding hydrogens is 270 g/mol. The molecule has 1 rings (SSSR count). The van der Waals surface area contributed by atoms with Crippen molar-refractivity contribution in [2.24, 2.45) is 0 Å². The number of hydrogen-bond acceptors (Lipinski definition) is 1. The molecule has 0 aromatic heterocycles. The van der Waals surface area contributed by atoms with Gasteiger partial charge in [0.05, 0.1) is 0 Å². The third kappa shape index (κ3) is 4.52. The second-order valence-corrected chi connectivity index (χ2v) is 6.51. The maximum atomic E-state index is 12.8. The van der Waals surface area contributed by atoms with Crippen LogP contribution in [0.1, 0.15) is 56.5 Å². The average Bonchev–Trinajstić information content (AvgIpc) is 2.42. The number of benzene rings is 1. The number of carbonyl (C=O) groups is 1. The zero-order valence-electron chi connectivity index (χ0n) is 13.1. The number of nitrogens with zero attached hydrogens (tertiary/aromatic N) is 1. The highest BCUT2D eigenvalue weighted by Gasteiger charge is 2.23. The van der Waals surface area contributed by atoms with Crippen molar-refractivity contribution in [2.45, 2.75) is 46.0 Å². The second kappa shape index (κ2) is 7.68. The van der Waals surface area contributed by atoms with E-state index in [2.05, 4.69) is 27.7 Å². The Bertz CT molecular complexity index is 437. The molecule has 0 N–H and O–H groups in total. The van der Waals surface area contributed by atoms with Gasteiger partial charge in [-0.25, -0.2) is 0 Å². The molecular formula is C17H26ClNO. The van der Waals surface area contributed by atoms with Crippen LogP contribution in [0.25, 0.3) is 0 Å². The molecule has 20 heavy (non-hydrogen) atoms. The van der Waals surface area contributed by atoms with Crippen LogP contribution in [0.4, 0.5) is 0 Å². The Labute approximate surface area is 128 Å². The Morgan fingerprint density at radius 2 is 1.85 bits per heavy atom. The molecule has 0 saturated carbocycles. The molecule has 0 unspecified atom stereocenters. The molecule has 0 aliphatic rings. The molecule has 0 bridgehead atoms. The van der Waals surface area contributed by atoms with Gasteiger partial charge in [-0.15, -0.1) is 11.6 Å². The van der Waals surface area contributed by atoms with Crippen molar-refractivity contribution < 1.29 is 4.79 Å². The second-order valence-electron chi connectivity index (χ2n) is 6.13. The minimum absolute atomic E-state index is 0.0381. The first-order valence-corrected chi connectivity index (χ1v) is 7.90. The number of hydrogen-bond donors (Lipinski definition) is 0. The number of unbranched alkanes of at least 4 members (excludes halogenated alkanes) is 1. The van der Waals surface area contributed by atoms with Gasteiger partial charge in [0.25, 0.3) is 5.91 Å². The predicted octanol–water partition coefficient (Wildman–Crippen LogP) is 4.47. The molecule has 0 saturated heterocycles. The Kier molecular flexibility index (Phi) is 6.54. The largest absolute Gasteiger partial charge is 0.337 e. The fourth-order valence-corrected chi connectivity index (χ4v) is 2.46. The lowest BCUT2D eigenvalue weighted by molar-refractivity contribution is 0.0761. The maximum Gasteiger partial charge on any atom is 0.254 e. The highest BCUT2D eigenvalue weighted by atomic mass is 35.5. The first kappa shape index (κ1) is 17.0. The lowest BCUT2D eigenvalue weighted by Gasteiger charge is -2.27. The van der Waals surface area contributed by atoms with E-state index in [9.17, 15) is 4.79 Å². The molecule has 0 atom stereocenters. The molecule has 0 aliphatic carbocycles. The SMILES string of the molecule is CCCCN(CCCl)C(=O)c1ccccc1C(C)(C)C. The van der Waals surface area contributed by atoms with Gasteiger partial charge in [-0.05, 0) is 23.5 Å². The van der Waals surface area contributed by atoms with E-state index in [0.29, 0.717) is 12.4 Å². The van der Waals surface area contributed by atoms with Gasteiger partial charge in [-0.2, -0.15) is 0 Å². The van der Waals surface area contributed by atoms with E-state index >= 15 is 0 Å². The minimum Gasteiger partial charge on any atom is -0.337 e. The highest BCUT2D eigenvalue weighted by molar-refractivity contribution is 6.18. The van der Waals surface area contributed by atoms with E-state index in [4.69, 9.17) is 11.6 Å². The normalized spacial score (nSPS) is 11.4. The van der Waals surface area contributed by atoms with Crippen molar-refractivity contribution >= 4 is 17.5 Å². The topological polar surface area (TPSA) is 20.3 Å². The molecule has 0 aliphatic heterocycles. The summed E-state index contributed by atoms with van der Waals surface area (Å²) >= 11 is 5.84. The Hall–Kier alpha value is -1.02. The van der Waals surface area contributed by atoms with E-state index in [1.807, 2.05) is 29.2 Å². The average molecular weight is 296 g/mol. The lowest BCUT2D eigenvalue weighted by Crippen LogP contribution is -2.35. The predicted molar refractivity (Wildman–Crippen MR) is 86.7 cm³/mol. The first-order chi connectivity index (χ1) is 9.41. The van der Waals surface area contributed by atoms with E-state index in [1.54, 1.807) is 0 Å². The number of rotatable bonds is 6. The van der Waals surface area contributed by atoms with Gasteiger partial charge < -0.3 is 4.90 Å². The van der Waals surface area contributed by atoms with Crippen LogP contribution in [-0.2, 0) is 5.41 Å². The van der Waals surface area contributed by atoms with Gasteiger partial charge in [0.2, 0.25) is 0 Å². The fourth-order valence-electron chi connectivity index (χ4n) is 2.26. The Morgan fingerprint density at radius 1 is 1.20 bits per heavy atom. The van der Waals surface area contributed by atoms with E-state index in [-0.39, 0.29) is 11.3 Å². The van der Waals surface area contributed by atoms with Crippen LogP contribution < -0.4 is 0 Å². The van der Waals surface area contributed by atoms with Crippen LogP contribution in [0.15, 0.2) is 24.3 Å². The van der Waals surface area contributed by atoms with Crippen molar-refractivity contribution in [1.82, 2.24) is 4.90 Å². The van der Waals surface area contributed by atoms with Gasteiger partial charge in [0.1, 0.15) is 0 Å². The van der Waals surface area contributed by atoms with E-state index in [0.717, 1.165) is 30.5 Å². The maximum absolute atomic E-state index is 12.8. The monoisotopic (exact) mass is 295 g/mol. The Morgan fingerprint density at radius 3 is 2.40 bits per heavy atom. The van der Waals surface area contributed by atoms with Gasteiger partial charge in [-0.3, -0.25) is 4.79 Å². The van der Waals surface area contributed by atoms with Gasteiger partial charge in [0, 0.05) is 24.5 Å². The van der Waals surface area contributed by atoms with Crippen LogP contribution in [0.3, 0.4) is 0 Å². The summed E-state index contributed by atoms with van der Waals surface area (Å²) in [5.74, 6) is 0.581. The summed E-state index contributed by atoms with van der Waals surface area (Å²) in [6.45, 7) is 9.93. The number of carbonyl (C=O) groups excluding carboxylic acids is 1. The van der Waals surface area contributed by atoms with Crippen molar-refractivity contribution in [3.63, 3.8) is 0 Å². The summed E-state index contributed by atoms with van der Waals surface area (Å²) in [5, 5.41) is 0. The van der Waals surface area contributed by atoms with Crippen LogP contribution in [-0.4, -0.2) is 29.8 Å². The van der Waals surface area contributed by atoms with E-state index < -0.39 is 0 Å². The fraction of sp³-hybridized carbons (Fsp3) is 0.588. The van der Waals surface area contributed by atoms with Crippen LogP contribution >= 0.6 is 11.6 Å². The number of amides is 1. The summed E-state index contributed by atoms with van der Waals surface area (Å²) < 4.78 is 0. The first-order valence-electron chi connectivity index (χ1n) is 7.36. The summed E-state index contributed by atoms with van der Waals surface area (Å²) in [4.78, 5) is 14.7. The van der Waals surface area contributed by atoms with Crippen LogP contribution in [0, 0.1) is 0 Å². The van der Waals surface area contributed by atoms with Crippen molar-refractivity contribution in [2.75, 3.05) is 19.0 Å². The number of alkyl halides is 1. The summed E-state index contributed by atoms with van der Waals surface area (Å²) in [7, 11) is 0.